The summed E-state index contributed by atoms with van der Waals surface area (Å²) in [6, 6.07) is 0. The van der Waals surface area contributed by atoms with Crippen LogP contribution in [0.25, 0.3) is 0 Å². The molecule has 0 aromatic carbocycles. The summed E-state index contributed by atoms with van der Waals surface area (Å²) in [5.41, 5.74) is -0.252. The zero-order chi connectivity index (χ0) is 9.28. The molecule has 0 aliphatic heterocycles. The third kappa shape index (κ3) is 2.62. The van der Waals surface area contributed by atoms with Gasteiger partial charge in [-0.1, -0.05) is 34.3 Å². The quantitative estimate of drug-likeness (QED) is 0.615. The maximum absolute atomic E-state index is 13.1. The van der Waals surface area contributed by atoms with Gasteiger partial charge in [0.25, 0.3) is 0 Å². The molecule has 0 aliphatic rings. The molecule has 0 heterocycles. The van der Waals surface area contributed by atoms with Crippen LogP contribution in [0.3, 0.4) is 0 Å². The van der Waals surface area contributed by atoms with E-state index in [1.807, 2.05) is 20.8 Å². The summed E-state index contributed by atoms with van der Waals surface area (Å²) in [4.78, 5) is 0. The summed E-state index contributed by atoms with van der Waals surface area (Å²) >= 11 is 0. The van der Waals surface area contributed by atoms with Gasteiger partial charge >= 0.3 is 0 Å². The lowest BCUT2D eigenvalue weighted by Gasteiger charge is -2.33. The van der Waals surface area contributed by atoms with Crippen molar-refractivity contribution in [1.29, 1.82) is 0 Å². The van der Waals surface area contributed by atoms with E-state index in [0.29, 0.717) is 0 Å². The van der Waals surface area contributed by atoms with Crippen molar-refractivity contribution in [2.75, 3.05) is 0 Å². The van der Waals surface area contributed by atoms with Gasteiger partial charge in [-0.05, 0) is 11.5 Å². The van der Waals surface area contributed by atoms with Crippen LogP contribution in [-0.4, -0.2) is 11.0 Å². The molecule has 0 fully saturated rings. The van der Waals surface area contributed by atoms with Gasteiger partial charge in [-0.25, -0.2) is 4.39 Å². The van der Waals surface area contributed by atoms with Gasteiger partial charge in [0.1, 0.15) is 0 Å². The third-order valence-corrected chi connectivity index (χ3v) is 2.19. The lowest BCUT2D eigenvalue weighted by Crippen LogP contribution is -2.37. The molecular weight excluding hydrogens is 143 g/mol. The molecule has 0 aromatic heterocycles. The van der Waals surface area contributed by atoms with Gasteiger partial charge in [-0.2, -0.15) is 0 Å². The van der Waals surface area contributed by atoms with Crippen molar-refractivity contribution in [2.24, 2.45) is 11.3 Å². The first-order chi connectivity index (χ1) is 4.72. The van der Waals surface area contributed by atoms with Crippen LogP contribution in [0, 0.1) is 11.3 Å². The van der Waals surface area contributed by atoms with Gasteiger partial charge in [0, 0.05) is 5.92 Å². The van der Waals surface area contributed by atoms with Crippen molar-refractivity contribution in [3.63, 3.8) is 0 Å². The molecule has 0 aliphatic carbocycles. The van der Waals surface area contributed by atoms with Crippen molar-refractivity contribution in [3.8, 4) is 0 Å². The molecule has 0 radical (unpaired) electrons. The minimum atomic E-state index is -2.25. The van der Waals surface area contributed by atoms with Gasteiger partial charge in [0.05, 0.1) is 0 Å². The lowest BCUT2D eigenvalue weighted by atomic mass is 9.77. The van der Waals surface area contributed by atoms with Gasteiger partial charge < -0.3 is 5.11 Å². The van der Waals surface area contributed by atoms with Crippen molar-refractivity contribution >= 4 is 0 Å². The van der Waals surface area contributed by atoms with Crippen molar-refractivity contribution < 1.29 is 9.50 Å². The Hall–Kier alpha value is -0.370. The topological polar surface area (TPSA) is 20.2 Å². The highest BCUT2D eigenvalue weighted by Gasteiger charge is 2.37. The smallest absolute Gasteiger partial charge is 0.228 e. The Kier molecular flexibility index (Phi) is 2.84. The Morgan fingerprint density at radius 2 is 1.82 bits per heavy atom. The van der Waals surface area contributed by atoms with E-state index in [0.717, 1.165) is 6.08 Å². The second kappa shape index (κ2) is 2.94. The second-order valence-corrected chi connectivity index (χ2v) is 4.02. The molecule has 1 unspecified atom stereocenters. The molecular formula is C9H17FO. The van der Waals surface area contributed by atoms with Crippen LogP contribution in [0.4, 0.5) is 4.39 Å². The van der Waals surface area contributed by atoms with E-state index >= 15 is 0 Å². The Morgan fingerprint density at radius 1 is 1.45 bits per heavy atom. The molecule has 0 saturated carbocycles. The highest BCUT2D eigenvalue weighted by Crippen LogP contribution is 2.35. The number of hydrogen-bond donors (Lipinski definition) is 1. The highest BCUT2D eigenvalue weighted by atomic mass is 19.2. The third-order valence-electron chi connectivity index (χ3n) is 2.19. The summed E-state index contributed by atoms with van der Waals surface area (Å²) in [6.07, 6.45) is 0.947. The molecule has 0 aromatic rings. The van der Waals surface area contributed by atoms with E-state index in [1.165, 1.54) is 0 Å². The normalized spacial score (nSPS) is 20.5. The first kappa shape index (κ1) is 10.6. The summed E-state index contributed by atoms with van der Waals surface area (Å²) in [6.45, 7) is 10.6. The van der Waals surface area contributed by atoms with Crippen LogP contribution in [0.15, 0.2) is 12.7 Å². The van der Waals surface area contributed by atoms with Gasteiger partial charge in [-0.3, -0.25) is 0 Å². The van der Waals surface area contributed by atoms with Gasteiger partial charge in [0.2, 0.25) is 5.85 Å². The second-order valence-electron chi connectivity index (χ2n) is 4.02. The predicted octanol–water partition coefficient (Wildman–Crippen LogP) is 2.51. The molecule has 0 rings (SSSR count). The summed E-state index contributed by atoms with van der Waals surface area (Å²) in [5.74, 6) is -2.70. The van der Waals surface area contributed by atoms with Crippen LogP contribution in [0.5, 0.6) is 0 Å². The Bertz CT molecular complexity index is 144. The van der Waals surface area contributed by atoms with Crippen LogP contribution in [0.2, 0.25) is 0 Å². The Labute approximate surface area is 67.9 Å². The average Bonchev–Trinajstić information content (AvgIpc) is 1.84. The van der Waals surface area contributed by atoms with E-state index in [-0.39, 0.29) is 5.41 Å². The number of hydrogen-bond acceptors (Lipinski definition) is 1. The predicted molar refractivity (Wildman–Crippen MR) is 44.9 cm³/mol. The largest absolute Gasteiger partial charge is 0.358 e. The van der Waals surface area contributed by atoms with Crippen LogP contribution < -0.4 is 0 Å². The zero-order valence-electron chi connectivity index (χ0n) is 7.69. The van der Waals surface area contributed by atoms with Crippen molar-refractivity contribution in [1.82, 2.24) is 0 Å². The molecule has 1 nitrogen and oxygen atoms in total. The molecule has 0 bridgehead atoms. The molecule has 0 spiro atoms. The van der Waals surface area contributed by atoms with E-state index < -0.39 is 11.8 Å². The van der Waals surface area contributed by atoms with Gasteiger partial charge in [-0.15, -0.1) is 0 Å². The number of alkyl halides is 1. The fourth-order valence-electron chi connectivity index (χ4n) is 0.784. The van der Waals surface area contributed by atoms with Crippen LogP contribution >= 0.6 is 0 Å². The minimum absolute atomic E-state index is 0.252. The standard InChI is InChI=1S/C9H17FO/c1-6-9(10,11)7(2)8(3,4)5/h6-7,11H,1H2,2-5H3/t7-,9?/m0/s1. The fraction of sp³-hybridized carbons (Fsp3) is 0.778. The number of rotatable bonds is 2. The summed E-state index contributed by atoms with van der Waals surface area (Å²) < 4.78 is 13.1. The van der Waals surface area contributed by atoms with Crippen molar-refractivity contribution in [3.05, 3.63) is 12.7 Å². The molecule has 1 N–H and O–H groups in total. The molecule has 66 valence electrons. The van der Waals surface area contributed by atoms with E-state index in [9.17, 15) is 4.39 Å². The van der Waals surface area contributed by atoms with E-state index in [1.54, 1.807) is 6.92 Å². The van der Waals surface area contributed by atoms with E-state index in [4.69, 9.17) is 5.11 Å². The molecule has 2 heteroatoms. The highest BCUT2D eigenvalue weighted by molar-refractivity contribution is 4.94. The molecule has 11 heavy (non-hydrogen) atoms. The maximum atomic E-state index is 13.1. The average molecular weight is 160 g/mol. The zero-order valence-corrected chi connectivity index (χ0v) is 7.69. The summed E-state index contributed by atoms with van der Waals surface area (Å²) in [5, 5.41) is 9.14. The maximum Gasteiger partial charge on any atom is 0.228 e. The first-order valence-corrected chi connectivity index (χ1v) is 3.76. The van der Waals surface area contributed by atoms with Crippen LogP contribution in [0.1, 0.15) is 27.7 Å². The van der Waals surface area contributed by atoms with Crippen LogP contribution in [-0.2, 0) is 0 Å². The first-order valence-electron chi connectivity index (χ1n) is 3.76. The Balaban J connectivity index is 4.48. The molecule has 2 atom stereocenters. The number of aliphatic hydroxyl groups is 1. The monoisotopic (exact) mass is 160 g/mol. The van der Waals surface area contributed by atoms with E-state index in [2.05, 4.69) is 6.58 Å². The lowest BCUT2D eigenvalue weighted by molar-refractivity contribution is -0.116. The SMILES string of the molecule is C=CC(O)(F)[C@@H](C)C(C)(C)C. The van der Waals surface area contributed by atoms with Gasteiger partial charge in [0.15, 0.2) is 0 Å². The van der Waals surface area contributed by atoms with Crippen molar-refractivity contribution in [2.45, 2.75) is 33.5 Å². The fourth-order valence-corrected chi connectivity index (χ4v) is 0.784. The minimum Gasteiger partial charge on any atom is -0.358 e. The number of halogens is 1. The summed E-state index contributed by atoms with van der Waals surface area (Å²) in [7, 11) is 0. The molecule has 0 saturated heterocycles. The molecule has 0 amide bonds. The Morgan fingerprint density at radius 3 is 1.91 bits per heavy atom.